The summed E-state index contributed by atoms with van der Waals surface area (Å²) < 4.78 is 0. The molecular formula is C10H14N2O. The largest absolute Gasteiger partial charge is 0.508 e. The van der Waals surface area contributed by atoms with E-state index in [1.54, 1.807) is 12.1 Å². The van der Waals surface area contributed by atoms with Gasteiger partial charge >= 0.3 is 0 Å². The van der Waals surface area contributed by atoms with E-state index in [-0.39, 0.29) is 5.54 Å². The third-order valence-electron chi connectivity index (χ3n) is 2.20. The zero-order valence-corrected chi connectivity index (χ0v) is 7.89. The average Bonchev–Trinajstić information content (AvgIpc) is 2.01. The maximum atomic E-state index is 9.29. The number of nitrogens with one attached hydrogen (secondary N) is 2. The number of hydrogen-bond acceptors (Lipinski definition) is 3. The number of anilines is 2. The highest BCUT2D eigenvalue weighted by molar-refractivity contribution is 5.73. The molecule has 1 aromatic carbocycles. The number of phenolic OH excluding ortho intramolecular Hbond substituents is 1. The molecule has 3 nitrogen and oxygen atoms in total. The van der Waals surface area contributed by atoms with Gasteiger partial charge in [-0.2, -0.15) is 0 Å². The quantitative estimate of drug-likeness (QED) is 0.532. The van der Waals surface area contributed by atoms with Crippen molar-refractivity contribution in [2.45, 2.75) is 19.4 Å². The normalized spacial score (nSPS) is 18.3. The fourth-order valence-corrected chi connectivity index (χ4v) is 1.51. The van der Waals surface area contributed by atoms with E-state index < -0.39 is 0 Å². The number of benzene rings is 1. The van der Waals surface area contributed by atoms with Crippen molar-refractivity contribution in [1.82, 2.24) is 0 Å². The summed E-state index contributed by atoms with van der Waals surface area (Å²) in [7, 11) is 0. The van der Waals surface area contributed by atoms with Gasteiger partial charge in [-0.05, 0) is 26.0 Å². The monoisotopic (exact) mass is 178 g/mol. The van der Waals surface area contributed by atoms with Crippen LogP contribution in [0, 0.1) is 0 Å². The molecule has 1 heterocycles. The summed E-state index contributed by atoms with van der Waals surface area (Å²) in [6, 6.07) is 5.31. The molecule has 0 amide bonds. The van der Waals surface area contributed by atoms with E-state index in [1.807, 2.05) is 6.07 Å². The van der Waals surface area contributed by atoms with E-state index in [1.165, 1.54) is 0 Å². The minimum Gasteiger partial charge on any atom is -0.508 e. The Morgan fingerprint density at radius 1 is 1.31 bits per heavy atom. The Hall–Kier alpha value is -1.38. The molecule has 0 aliphatic carbocycles. The lowest BCUT2D eigenvalue weighted by Crippen LogP contribution is -2.42. The molecule has 1 aliphatic heterocycles. The Balaban J connectivity index is 2.38. The van der Waals surface area contributed by atoms with Crippen molar-refractivity contribution in [3.05, 3.63) is 18.2 Å². The molecule has 1 aliphatic rings. The van der Waals surface area contributed by atoms with Crippen LogP contribution in [-0.4, -0.2) is 17.2 Å². The number of rotatable bonds is 0. The Morgan fingerprint density at radius 3 is 2.85 bits per heavy atom. The van der Waals surface area contributed by atoms with Crippen LogP contribution < -0.4 is 10.6 Å². The van der Waals surface area contributed by atoms with Crippen LogP contribution in [0.5, 0.6) is 5.75 Å². The van der Waals surface area contributed by atoms with Crippen molar-refractivity contribution in [2.24, 2.45) is 0 Å². The number of aromatic hydroxyl groups is 1. The molecule has 0 spiro atoms. The van der Waals surface area contributed by atoms with Crippen molar-refractivity contribution in [3.63, 3.8) is 0 Å². The summed E-state index contributed by atoms with van der Waals surface area (Å²) in [5, 5.41) is 16.0. The summed E-state index contributed by atoms with van der Waals surface area (Å²) in [4.78, 5) is 0. The fourth-order valence-electron chi connectivity index (χ4n) is 1.51. The van der Waals surface area contributed by atoms with Gasteiger partial charge in [0, 0.05) is 18.2 Å². The lowest BCUT2D eigenvalue weighted by molar-refractivity contribution is 0.475. The first kappa shape index (κ1) is 8.23. The molecular weight excluding hydrogens is 164 g/mol. The highest BCUT2D eigenvalue weighted by Crippen LogP contribution is 2.32. The van der Waals surface area contributed by atoms with Crippen LogP contribution in [0.1, 0.15) is 13.8 Å². The highest BCUT2D eigenvalue weighted by Gasteiger charge is 2.23. The smallest absolute Gasteiger partial charge is 0.117 e. The number of fused-ring (bicyclic) bond motifs is 1. The van der Waals surface area contributed by atoms with E-state index in [2.05, 4.69) is 24.5 Å². The van der Waals surface area contributed by atoms with Crippen LogP contribution in [0.4, 0.5) is 11.4 Å². The van der Waals surface area contributed by atoms with Crippen molar-refractivity contribution in [1.29, 1.82) is 0 Å². The lowest BCUT2D eigenvalue weighted by atomic mass is 10.0. The molecule has 0 radical (unpaired) electrons. The second kappa shape index (κ2) is 2.55. The van der Waals surface area contributed by atoms with Crippen LogP contribution in [0.15, 0.2) is 18.2 Å². The van der Waals surface area contributed by atoms with Crippen molar-refractivity contribution in [2.75, 3.05) is 17.2 Å². The van der Waals surface area contributed by atoms with Crippen LogP contribution in [0.3, 0.4) is 0 Å². The predicted octanol–water partition coefficient (Wildman–Crippen LogP) is 2.01. The number of phenols is 1. The molecule has 0 saturated heterocycles. The van der Waals surface area contributed by atoms with Crippen LogP contribution in [-0.2, 0) is 0 Å². The molecule has 0 saturated carbocycles. The van der Waals surface area contributed by atoms with Crippen molar-refractivity contribution < 1.29 is 5.11 Å². The van der Waals surface area contributed by atoms with Crippen molar-refractivity contribution in [3.8, 4) is 5.75 Å². The molecule has 0 atom stereocenters. The minimum atomic E-state index is 0.0425. The summed E-state index contributed by atoms with van der Waals surface area (Å²) in [5.74, 6) is 0.297. The molecule has 0 fully saturated rings. The van der Waals surface area contributed by atoms with Gasteiger partial charge in [0.2, 0.25) is 0 Å². The molecule has 3 heteroatoms. The van der Waals surface area contributed by atoms with Gasteiger partial charge in [0.1, 0.15) is 5.75 Å². The van der Waals surface area contributed by atoms with E-state index >= 15 is 0 Å². The Labute approximate surface area is 77.8 Å². The molecule has 1 aromatic rings. The van der Waals surface area contributed by atoms with Gasteiger partial charge in [0.05, 0.1) is 11.4 Å². The van der Waals surface area contributed by atoms with Gasteiger partial charge < -0.3 is 15.7 Å². The lowest BCUT2D eigenvalue weighted by Gasteiger charge is -2.34. The van der Waals surface area contributed by atoms with Crippen LogP contribution >= 0.6 is 0 Å². The summed E-state index contributed by atoms with van der Waals surface area (Å²) in [6.07, 6.45) is 0. The second-order valence-corrected chi connectivity index (χ2v) is 4.09. The van der Waals surface area contributed by atoms with Gasteiger partial charge in [-0.1, -0.05) is 0 Å². The zero-order valence-electron chi connectivity index (χ0n) is 7.89. The molecule has 2 rings (SSSR count). The Morgan fingerprint density at radius 2 is 2.08 bits per heavy atom. The molecule has 70 valence electrons. The third kappa shape index (κ3) is 1.54. The van der Waals surface area contributed by atoms with Gasteiger partial charge in [-0.3, -0.25) is 0 Å². The van der Waals surface area contributed by atoms with Gasteiger partial charge in [0.25, 0.3) is 0 Å². The Kier molecular flexibility index (Phi) is 1.62. The maximum Gasteiger partial charge on any atom is 0.117 e. The maximum absolute atomic E-state index is 9.29. The SMILES string of the molecule is CC1(C)CNc2ccc(O)cc2N1. The molecule has 0 unspecified atom stereocenters. The first-order chi connectivity index (χ1) is 6.07. The second-order valence-electron chi connectivity index (χ2n) is 4.09. The van der Waals surface area contributed by atoms with E-state index in [4.69, 9.17) is 0 Å². The zero-order chi connectivity index (χ0) is 9.47. The van der Waals surface area contributed by atoms with E-state index in [0.717, 1.165) is 17.9 Å². The van der Waals surface area contributed by atoms with Crippen molar-refractivity contribution >= 4 is 11.4 Å². The van der Waals surface area contributed by atoms with Crippen LogP contribution in [0.25, 0.3) is 0 Å². The van der Waals surface area contributed by atoms with Crippen LogP contribution in [0.2, 0.25) is 0 Å². The summed E-state index contributed by atoms with van der Waals surface area (Å²) in [5.41, 5.74) is 2.06. The fraction of sp³-hybridized carbons (Fsp3) is 0.400. The van der Waals surface area contributed by atoms with E-state index in [9.17, 15) is 5.11 Å². The first-order valence-corrected chi connectivity index (χ1v) is 4.42. The van der Waals surface area contributed by atoms with Gasteiger partial charge in [-0.25, -0.2) is 0 Å². The topological polar surface area (TPSA) is 44.3 Å². The number of hydrogen-bond donors (Lipinski definition) is 3. The molecule has 3 N–H and O–H groups in total. The third-order valence-corrected chi connectivity index (χ3v) is 2.20. The van der Waals surface area contributed by atoms with E-state index in [0.29, 0.717) is 5.75 Å². The van der Waals surface area contributed by atoms with Gasteiger partial charge in [-0.15, -0.1) is 0 Å². The first-order valence-electron chi connectivity index (χ1n) is 4.42. The Bertz CT molecular complexity index is 334. The predicted molar refractivity (Wildman–Crippen MR) is 54.3 cm³/mol. The summed E-state index contributed by atoms with van der Waals surface area (Å²) in [6.45, 7) is 5.13. The summed E-state index contributed by atoms with van der Waals surface area (Å²) >= 11 is 0. The highest BCUT2D eigenvalue weighted by atomic mass is 16.3. The molecule has 13 heavy (non-hydrogen) atoms. The van der Waals surface area contributed by atoms with Gasteiger partial charge in [0.15, 0.2) is 0 Å². The standard InChI is InChI=1S/C10H14N2O/c1-10(2)6-11-8-4-3-7(13)5-9(8)12-10/h3-5,11-13H,6H2,1-2H3. The molecule has 0 aromatic heterocycles. The molecule has 0 bridgehead atoms. The average molecular weight is 178 g/mol. The minimum absolute atomic E-state index is 0.0425.